The number of carbonyl (C=O) groups excluding carboxylic acids is 1. The molecule has 3 heterocycles. The van der Waals surface area contributed by atoms with Gasteiger partial charge in [0, 0.05) is 13.1 Å². The van der Waals surface area contributed by atoms with E-state index >= 15 is 0 Å². The SMILES string of the molecule is COc1ccccc1-n1c(SCC(=O)N2CCCC2)nc2ccsc2c1=O. The monoisotopic (exact) mass is 401 g/mol. The van der Waals surface area contributed by atoms with Crippen LogP contribution in [0.3, 0.4) is 0 Å². The third kappa shape index (κ3) is 3.46. The van der Waals surface area contributed by atoms with Gasteiger partial charge in [-0.3, -0.25) is 14.2 Å². The lowest BCUT2D eigenvalue weighted by Crippen LogP contribution is -2.29. The number of nitrogens with zero attached hydrogens (tertiary/aromatic N) is 3. The van der Waals surface area contributed by atoms with Gasteiger partial charge in [0.05, 0.1) is 24.1 Å². The van der Waals surface area contributed by atoms with Crippen LogP contribution in [0.15, 0.2) is 45.7 Å². The summed E-state index contributed by atoms with van der Waals surface area (Å²) < 4.78 is 7.59. The summed E-state index contributed by atoms with van der Waals surface area (Å²) in [5.74, 6) is 0.936. The quantitative estimate of drug-likeness (QED) is 0.485. The van der Waals surface area contributed by atoms with Crippen LogP contribution in [-0.2, 0) is 4.79 Å². The normalized spacial score (nSPS) is 14.0. The predicted octanol–water partition coefficient (Wildman–Crippen LogP) is 3.17. The van der Waals surface area contributed by atoms with Crippen molar-refractivity contribution in [1.82, 2.24) is 14.5 Å². The highest BCUT2D eigenvalue weighted by Crippen LogP contribution is 2.28. The second-order valence-electron chi connectivity index (χ2n) is 6.22. The smallest absolute Gasteiger partial charge is 0.276 e. The molecule has 1 aromatic carbocycles. The Balaban J connectivity index is 1.76. The fraction of sp³-hybridized carbons (Fsp3) is 0.316. The molecule has 6 nitrogen and oxygen atoms in total. The van der Waals surface area contributed by atoms with Crippen molar-refractivity contribution in [1.29, 1.82) is 0 Å². The summed E-state index contributed by atoms with van der Waals surface area (Å²) in [7, 11) is 1.57. The van der Waals surface area contributed by atoms with E-state index in [1.54, 1.807) is 11.7 Å². The van der Waals surface area contributed by atoms with Gasteiger partial charge in [-0.2, -0.15) is 0 Å². The first kappa shape index (κ1) is 18.1. The summed E-state index contributed by atoms with van der Waals surface area (Å²) in [6, 6.07) is 9.18. The number of fused-ring (bicyclic) bond motifs is 1. The third-order valence-electron chi connectivity index (χ3n) is 4.56. The number of benzene rings is 1. The van der Waals surface area contributed by atoms with Crippen molar-refractivity contribution in [2.45, 2.75) is 18.0 Å². The Labute approximate surface area is 164 Å². The zero-order valence-corrected chi connectivity index (χ0v) is 16.5. The topological polar surface area (TPSA) is 64.4 Å². The van der Waals surface area contributed by atoms with Crippen LogP contribution in [-0.4, -0.2) is 46.3 Å². The molecule has 0 saturated carbocycles. The molecule has 2 aromatic heterocycles. The molecule has 8 heteroatoms. The molecule has 1 saturated heterocycles. The summed E-state index contributed by atoms with van der Waals surface area (Å²) in [5.41, 5.74) is 1.15. The molecule has 0 bridgehead atoms. The molecule has 27 heavy (non-hydrogen) atoms. The first-order chi connectivity index (χ1) is 13.2. The van der Waals surface area contributed by atoms with Crippen molar-refractivity contribution in [2.24, 2.45) is 0 Å². The van der Waals surface area contributed by atoms with Crippen molar-refractivity contribution in [3.05, 3.63) is 46.1 Å². The van der Waals surface area contributed by atoms with Crippen LogP contribution in [0.4, 0.5) is 0 Å². The first-order valence-electron chi connectivity index (χ1n) is 8.73. The van der Waals surface area contributed by atoms with Crippen molar-refractivity contribution < 1.29 is 9.53 Å². The molecule has 1 aliphatic rings. The summed E-state index contributed by atoms with van der Waals surface area (Å²) in [4.78, 5) is 32.1. The van der Waals surface area contributed by atoms with Crippen LogP contribution < -0.4 is 10.3 Å². The number of hydrogen-bond donors (Lipinski definition) is 0. The van der Waals surface area contributed by atoms with Crippen molar-refractivity contribution in [3.8, 4) is 11.4 Å². The molecular weight excluding hydrogens is 382 g/mol. The van der Waals surface area contributed by atoms with Gasteiger partial charge in [-0.1, -0.05) is 23.9 Å². The average molecular weight is 402 g/mol. The molecule has 0 radical (unpaired) electrons. The van der Waals surface area contributed by atoms with Crippen LogP contribution in [0.5, 0.6) is 5.75 Å². The molecule has 140 valence electrons. The van der Waals surface area contributed by atoms with Gasteiger partial charge >= 0.3 is 0 Å². The number of para-hydroxylation sites is 2. The van der Waals surface area contributed by atoms with Gasteiger partial charge in [0.15, 0.2) is 5.16 Å². The zero-order valence-electron chi connectivity index (χ0n) is 14.9. The van der Waals surface area contributed by atoms with E-state index in [-0.39, 0.29) is 17.2 Å². The second kappa shape index (κ2) is 7.74. The second-order valence-corrected chi connectivity index (χ2v) is 8.08. The lowest BCUT2D eigenvalue weighted by atomic mass is 10.3. The largest absolute Gasteiger partial charge is 0.495 e. The number of methoxy groups -OCH3 is 1. The highest BCUT2D eigenvalue weighted by atomic mass is 32.2. The van der Waals surface area contributed by atoms with Crippen LogP contribution in [0, 0.1) is 0 Å². The Hall–Kier alpha value is -2.32. The standard InChI is InChI=1S/C19H19N3O3S2/c1-25-15-7-3-2-6-14(15)22-18(24)17-13(8-11-26-17)20-19(22)27-12-16(23)21-9-4-5-10-21/h2-3,6-8,11H,4-5,9-10,12H2,1H3. The Morgan fingerprint density at radius 1 is 1.26 bits per heavy atom. The van der Waals surface area contributed by atoms with E-state index in [4.69, 9.17) is 4.74 Å². The van der Waals surface area contributed by atoms with Gasteiger partial charge < -0.3 is 9.64 Å². The molecule has 0 aliphatic carbocycles. The number of likely N-dealkylation sites (tertiary alicyclic amines) is 1. The summed E-state index contributed by atoms with van der Waals surface area (Å²) in [6.45, 7) is 1.63. The van der Waals surface area contributed by atoms with Crippen molar-refractivity contribution >= 4 is 39.2 Å². The van der Waals surface area contributed by atoms with Gasteiger partial charge in [0.2, 0.25) is 5.91 Å². The number of carbonyl (C=O) groups is 1. The van der Waals surface area contributed by atoms with Crippen molar-refractivity contribution in [3.63, 3.8) is 0 Å². The van der Waals surface area contributed by atoms with Gasteiger partial charge in [-0.15, -0.1) is 11.3 Å². The molecule has 0 N–H and O–H groups in total. The maximum absolute atomic E-state index is 13.1. The van der Waals surface area contributed by atoms with Crippen molar-refractivity contribution in [2.75, 3.05) is 26.0 Å². The Kier molecular flexibility index (Phi) is 5.18. The first-order valence-corrected chi connectivity index (χ1v) is 10.6. The molecule has 1 fully saturated rings. The maximum atomic E-state index is 13.1. The van der Waals surface area contributed by atoms with E-state index < -0.39 is 0 Å². The van der Waals surface area contributed by atoms with Crippen LogP contribution in [0.1, 0.15) is 12.8 Å². The van der Waals surface area contributed by atoms with E-state index in [9.17, 15) is 9.59 Å². The van der Waals surface area contributed by atoms with Crippen LogP contribution in [0.25, 0.3) is 15.9 Å². The molecule has 3 aromatic rings. The Morgan fingerprint density at radius 2 is 2.04 bits per heavy atom. The van der Waals surface area contributed by atoms with E-state index in [0.29, 0.717) is 26.8 Å². The zero-order chi connectivity index (χ0) is 18.8. The number of ether oxygens (including phenoxy) is 1. The highest BCUT2D eigenvalue weighted by molar-refractivity contribution is 7.99. The van der Waals surface area contributed by atoms with E-state index in [2.05, 4.69) is 4.98 Å². The number of thiophene rings is 1. The van der Waals surface area contributed by atoms with E-state index in [1.165, 1.54) is 23.1 Å². The molecule has 4 rings (SSSR count). The minimum absolute atomic E-state index is 0.0868. The molecule has 1 aliphatic heterocycles. The summed E-state index contributed by atoms with van der Waals surface area (Å²) >= 11 is 2.67. The van der Waals surface area contributed by atoms with Crippen LogP contribution >= 0.6 is 23.1 Å². The molecular formula is C19H19N3O3S2. The van der Waals surface area contributed by atoms with Gasteiger partial charge in [0.1, 0.15) is 10.4 Å². The summed E-state index contributed by atoms with van der Waals surface area (Å²) in [5, 5.41) is 2.36. The summed E-state index contributed by atoms with van der Waals surface area (Å²) in [6.07, 6.45) is 2.11. The van der Waals surface area contributed by atoms with Gasteiger partial charge in [0.25, 0.3) is 5.56 Å². The molecule has 0 unspecified atom stereocenters. The number of thioether (sulfide) groups is 1. The third-order valence-corrected chi connectivity index (χ3v) is 6.37. The Bertz CT molecular complexity index is 1040. The van der Waals surface area contributed by atoms with Crippen LogP contribution in [0.2, 0.25) is 0 Å². The number of amides is 1. The maximum Gasteiger partial charge on any atom is 0.276 e. The fourth-order valence-corrected chi connectivity index (χ4v) is 4.87. The molecule has 1 amide bonds. The molecule has 0 atom stereocenters. The van der Waals surface area contributed by atoms with Gasteiger partial charge in [-0.05, 0) is 36.4 Å². The van der Waals surface area contributed by atoms with Gasteiger partial charge in [-0.25, -0.2) is 4.98 Å². The number of hydrogen-bond acceptors (Lipinski definition) is 6. The molecule has 0 spiro atoms. The average Bonchev–Trinajstić information content (AvgIpc) is 3.38. The minimum atomic E-state index is -0.143. The lowest BCUT2D eigenvalue weighted by molar-refractivity contribution is -0.127. The fourth-order valence-electron chi connectivity index (χ4n) is 3.20. The van der Waals surface area contributed by atoms with E-state index in [0.717, 1.165) is 25.9 Å². The number of rotatable bonds is 5. The predicted molar refractivity (Wildman–Crippen MR) is 108 cm³/mol. The Morgan fingerprint density at radius 3 is 2.81 bits per heavy atom. The lowest BCUT2D eigenvalue weighted by Gasteiger charge is -2.17. The number of aromatic nitrogens is 2. The minimum Gasteiger partial charge on any atom is -0.495 e. The van der Waals surface area contributed by atoms with E-state index in [1.807, 2.05) is 40.6 Å². The highest BCUT2D eigenvalue weighted by Gasteiger charge is 2.21.